The van der Waals surface area contributed by atoms with Crippen LogP contribution in [0, 0.1) is 19.8 Å². The molecule has 2 aliphatic rings. The minimum atomic E-state index is 0.803. The Morgan fingerprint density at radius 3 is 2.38 bits per heavy atom. The van der Waals surface area contributed by atoms with Crippen LogP contribution < -0.4 is 4.90 Å². The molecular weight excluding hydrogens is 324 g/mol. The van der Waals surface area contributed by atoms with Crippen molar-refractivity contribution in [3.05, 3.63) is 29.8 Å². The van der Waals surface area contributed by atoms with Gasteiger partial charge in [0, 0.05) is 38.4 Å². The second-order valence-corrected chi connectivity index (χ2v) is 7.87. The Bertz CT molecular complexity index is 726. The molecule has 3 heterocycles. The molecule has 26 heavy (non-hydrogen) atoms. The molecule has 1 saturated carbocycles. The van der Waals surface area contributed by atoms with Gasteiger partial charge in [0.15, 0.2) is 5.82 Å². The number of hydrogen-bond donors (Lipinski definition) is 0. The SMILES string of the molecule is Cc1cc(C)n(-c2cncc(N3CCN(CC4CCCCC4)CC3)n2)n1. The van der Waals surface area contributed by atoms with Gasteiger partial charge in [-0.1, -0.05) is 19.3 Å². The zero-order valence-electron chi connectivity index (χ0n) is 16.1. The van der Waals surface area contributed by atoms with Gasteiger partial charge in [-0.2, -0.15) is 5.10 Å². The van der Waals surface area contributed by atoms with E-state index < -0.39 is 0 Å². The molecule has 0 atom stereocenters. The summed E-state index contributed by atoms with van der Waals surface area (Å²) in [5.74, 6) is 2.69. The molecule has 4 rings (SSSR count). The van der Waals surface area contributed by atoms with Crippen molar-refractivity contribution in [2.45, 2.75) is 46.0 Å². The van der Waals surface area contributed by atoms with E-state index >= 15 is 0 Å². The number of nitrogens with zero attached hydrogens (tertiary/aromatic N) is 6. The van der Waals surface area contributed by atoms with Gasteiger partial charge >= 0.3 is 0 Å². The quantitative estimate of drug-likeness (QED) is 0.845. The second kappa shape index (κ2) is 7.74. The van der Waals surface area contributed by atoms with E-state index in [1.165, 1.54) is 38.6 Å². The fourth-order valence-electron chi connectivity index (χ4n) is 4.36. The third-order valence-electron chi connectivity index (χ3n) is 5.77. The van der Waals surface area contributed by atoms with E-state index in [0.717, 1.165) is 55.1 Å². The van der Waals surface area contributed by atoms with Gasteiger partial charge in [-0.05, 0) is 38.7 Å². The molecule has 0 amide bonds. The lowest BCUT2D eigenvalue weighted by molar-refractivity contribution is 0.191. The lowest BCUT2D eigenvalue weighted by atomic mass is 9.89. The van der Waals surface area contributed by atoms with Gasteiger partial charge in [-0.15, -0.1) is 0 Å². The number of aromatic nitrogens is 4. The van der Waals surface area contributed by atoms with E-state index in [1.54, 1.807) is 6.20 Å². The zero-order valence-corrected chi connectivity index (χ0v) is 16.1. The zero-order chi connectivity index (χ0) is 17.9. The smallest absolute Gasteiger partial charge is 0.174 e. The highest BCUT2D eigenvalue weighted by Gasteiger charge is 2.22. The van der Waals surface area contributed by atoms with Crippen molar-refractivity contribution in [3.8, 4) is 5.82 Å². The summed E-state index contributed by atoms with van der Waals surface area (Å²) in [4.78, 5) is 14.3. The molecule has 2 aromatic rings. The van der Waals surface area contributed by atoms with Crippen molar-refractivity contribution in [2.75, 3.05) is 37.6 Å². The summed E-state index contributed by atoms with van der Waals surface area (Å²) in [5.41, 5.74) is 2.09. The van der Waals surface area contributed by atoms with E-state index in [1.807, 2.05) is 17.8 Å². The monoisotopic (exact) mass is 354 g/mol. The van der Waals surface area contributed by atoms with Crippen molar-refractivity contribution in [1.82, 2.24) is 24.6 Å². The van der Waals surface area contributed by atoms with Gasteiger partial charge in [0.2, 0.25) is 0 Å². The molecule has 1 aliphatic heterocycles. The number of rotatable bonds is 4. The standard InChI is InChI=1S/C20H30N6/c1-16-12-17(2)26(23-16)20-14-21-13-19(22-20)25-10-8-24(9-11-25)15-18-6-4-3-5-7-18/h12-14,18H,3-11,15H2,1-2H3. The van der Waals surface area contributed by atoms with Gasteiger partial charge in [0.25, 0.3) is 0 Å². The maximum Gasteiger partial charge on any atom is 0.174 e. The van der Waals surface area contributed by atoms with Gasteiger partial charge in [0.05, 0.1) is 18.1 Å². The summed E-state index contributed by atoms with van der Waals surface area (Å²) in [7, 11) is 0. The molecule has 0 bridgehead atoms. The van der Waals surface area contributed by atoms with Crippen LogP contribution in [-0.2, 0) is 0 Å². The summed E-state index contributed by atoms with van der Waals surface area (Å²) in [6.07, 6.45) is 10.8. The first-order valence-electron chi connectivity index (χ1n) is 10.0. The predicted molar refractivity (Wildman–Crippen MR) is 104 cm³/mol. The summed E-state index contributed by atoms with van der Waals surface area (Å²) in [6.45, 7) is 9.66. The van der Waals surface area contributed by atoms with Crippen LogP contribution in [0.2, 0.25) is 0 Å². The Hall–Kier alpha value is -1.95. The maximum absolute atomic E-state index is 4.83. The Kier molecular flexibility index (Phi) is 5.20. The van der Waals surface area contributed by atoms with E-state index in [9.17, 15) is 0 Å². The number of piperazine rings is 1. The second-order valence-electron chi connectivity index (χ2n) is 7.87. The number of hydrogen-bond acceptors (Lipinski definition) is 5. The van der Waals surface area contributed by atoms with Crippen molar-refractivity contribution in [2.24, 2.45) is 5.92 Å². The highest BCUT2D eigenvalue weighted by molar-refractivity contribution is 5.40. The summed E-state index contributed by atoms with van der Waals surface area (Å²) in [5, 5.41) is 4.53. The molecule has 0 spiro atoms. The van der Waals surface area contributed by atoms with E-state index in [2.05, 4.69) is 32.9 Å². The minimum absolute atomic E-state index is 0.803. The van der Waals surface area contributed by atoms with Crippen molar-refractivity contribution < 1.29 is 0 Å². The predicted octanol–water partition coefficient (Wildman–Crippen LogP) is 2.98. The Balaban J connectivity index is 1.38. The molecule has 0 aromatic carbocycles. The molecule has 2 fully saturated rings. The average Bonchev–Trinajstić information content (AvgIpc) is 3.01. The third-order valence-corrected chi connectivity index (χ3v) is 5.77. The maximum atomic E-state index is 4.83. The van der Waals surface area contributed by atoms with E-state index in [-0.39, 0.29) is 0 Å². The highest BCUT2D eigenvalue weighted by Crippen LogP contribution is 2.25. The summed E-state index contributed by atoms with van der Waals surface area (Å²) in [6, 6.07) is 2.07. The average molecular weight is 355 g/mol. The van der Waals surface area contributed by atoms with E-state index in [4.69, 9.17) is 4.98 Å². The summed E-state index contributed by atoms with van der Waals surface area (Å²) < 4.78 is 1.88. The van der Waals surface area contributed by atoms with Gasteiger partial charge in [0.1, 0.15) is 5.82 Å². The first kappa shape index (κ1) is 17.5. The number of anilines is 1. The highest BCUT2D eigenvalue weighted by atomic mass is 15.3. The molecular formula is C20H30N6. The molecule has 0 radical (unpaired) electrons. The number of aryl methyl sites for hydroxylation is 2. The van der Waals surface area contributed by atoms with Gasteiger partial charge in [-0.25, -0.2) is 9.67 Å². The normalized spacial score (nSPS) is 19.8. The molecule has 140 valence electrons. The largest absolute Gasteiger partial charge is 0.353 e. The van der Waals surface area contributed by atoms with Crippen LogP contribution in [0.5, 0.6) is 0 Å². The molecule has 2 aromatic heterocycles. The van der Waals surface area contributed by atoms with E-state index in [0.29, 0.717) is 0 Å². The fraction of sp³-hybridized carbons (Fsp3) is 0.650. The first-order valence-corrected chi connectivity index (χ1v) is 10.0. The lowest BCUT2D eigenvalue weighted by Crippen LogP contribution is -2.48. The minimum Gasteiger partial charge on any atom is -0.353 e. The van der Waals surface area contributed by atoms with Crippen molar-refractivity contribution in [3.63, 3.8) is 0 Å². The third kappa shape index (κ3) is 3.90. The van der Waals surface area contributed by atoms with Crippen LogP contribution in [0.25, 0.3) is 5.82 Å². The first-order chi connectivity index (χ1) is 12.7. The van der Waals surface area contributed by atoms with Crippen LogP contribution in [-0.4, -0.2) is 57.4 Å². The van der Waals surface area contributed by atoms with Crippen LogP contribution >= 0.6 is 0 Å². The fourth-order valence-corrected chi connectivity index (χ4v) is 4.36. The van der Waals surface area contributed by atoms with Crippen LogP contribution in [0.1, 0.15) is 43.5 Å². The molecule has 1 saturated heterocycles. The van der Waals surface area contributed by atoms with Crippen LogP contribution in [0.15, 0.2) is 18.5 Å². The molecule has 1 aliphatic carbocycles. The topological polar surface area (TPSA) is 50.1 Å². The Labute approximate surface area is 156 Å². The summed E-state index contributed by atoms with van der Waals surface area (Å²) >= 11 is 0. The molecule has 6 heteroatoms. The Morgan fingerprint density at radius 1 is 0.962 bits per heavy atom. The Morgan fingerprint density at radius 2 is 1.69 bits per heavy atom. The van der Waals surface area contributed by atoms with Crippen LogP contribution in [0.3, 0.4) is 0 Å². The molecule has 0 unspecified atom stereocenters. The molecule has 6 nitrogen and oxygen atoms in total. The van der Waals surface area contributed by atoms with Gasteiger partial charge in [-0.3, -0.25) is 9.88 Å². The van der Waals surface area contributed by atoms with Gasteiger partial charge < -0.3 is 4.90 Å². The lowest BCUT2D eigenvalue weighted by Gasteiger charge is -2.37. The van der Waals surface area contributed by atoms with Crippen molar-refractivity contribution in [1.29, 1.82) is 0 Å². The van der Waals surface area contributed by atoms with Crippen molar-refractivity contribution >= 4 is 5.82 Å². The van der Waals surface area contributed by atoms with Crippen LogP contribution in [0.4, 0.5) is 5.82 Å². The molecule has 0 N–H and O–H groups in total.